The maximum atomic E-state index is 3.61. The van der Waals surface area contributed by atoms with Crippen molar-refractivity contribution in [2.75, 3.05) is 0 Å². The Kier molecular flexibility index (Phi) is 3.92. The van der Waals surface area contributed by atoms with Gasteiger partial charge in [0.25, 0.3) is 0 Å². The Morgan fingerprint density at radius 1 is 1.13 bits per heavy atom. The summed E-state index contributed by atoms with van der Waals surface area (Å²) in [6.07, 6.45) is 1.15. The van der Waals surface area contributed by atoms with Crippen LogP contribution in [0, 0.1) is 13.8 Å². The molecule has 0 saturated heterocycles. The fourth-order valence-electron chi connectivity index (χ4n) is 1.58. The first-order valence-electron chi connectivity index (χ1n) is 5.76. The molecule has 1 nitrogen and oxygen atoms in total. The molecule has 0 aliphatic carbocycles. The zero-order chi connectivity index (χ0) is 11.5. The molecule has 15 heavy (non-hydrogen) atoms. The minimum atomic E-state index is 0.231. The van der Waals surface area contributed by atoms with Crippen LogP contribution in [0.15, 0.2) is 18.2 Å². The first-order chi connectivity index (χ1) is 6.96. The third-order valence-electron chi connectivity index (χ3n) is 3.27. The van der Waals surface area contributed by atoms with Gasteiger partial charge in [-0.05, 0) is 50.8 Å². The van der Waals surface area contributed by atoms with Gasteiger partial charge in [0, 0.05) is 12.1 Å². The molecule has 1 aromatic rings. The van der Waals surface area contributed by atoms with Crippen LogP contribution in [0.1, 0.15) is 43.9 Å². The average Bonchev–Trinajstić information content (AvgIpc) is 2.17. The lowest BCUT2D eigenvalue weighted by atomic mass is 9.99. The maximum Gasteiger partial charge on any atom is 0.0215 e. The molecule has 0 aliphatic rings. The monoisotopic (exact) mass is 205 g/mol. The number of rotatable bonds is 4. The van der Waals surface area contributed by atoms with Gasteiger partial charge in [0.15, 0.2) is 0 Å². The van der Waals surface area contributed by atoms with E-state index in [0.717, 1.165) is 13.0 Å². The molecule has 1 aromatic carbocycles. The lowest BCUT2D eigenvalue weighted by Crippen LogP contribution is -2.38. The molecule has 0 fully saturated rings. The van der Waals surface area contributed by atoms with Crippen molar-refractivity contribution in [2.24, 2.45) is 0 Å². The molecular weight excluding hydrogens is 182 g/mol. The molecule has 0 heterocycles. The first-order valence-corrected chi connectivity index (χ1v) is 5.76. The van der Waals surface area contributed by atoms with Crippen molar-refractivity contribution >= 4 is 0 Å². The van der Waals surface area contributed by atoms with E-state index in [-0.39, 0.29) is 5.54 Å². The summed E-state index contributed by atoms with van der Waals surface area (Å²) in [6, 6.07) is 6.49. The largest absolute Gasteiger partial charge is 0.308 e. The molecular formula is C14H23N. The van der Waals surface area contributed by atoms with E-state index >= 15 is 0 Å². The van der Waals surface area contributed by atoms with E-state index in [0.29, 0.717) is 0 Å². The summed E-state index contributed by atoms with van der Waals surface area (Å²) in [5.41, 5.74) is 4.44. The molecule has 0 bridgehead atoms. The number of hydrogen-bond acceptors (Lipinski definition) is 1. The van der Waals surface area contributed by atoms with Crippen LogP contribution in [-0.2, 0) is 6.54 Å². The highest BCUT2D eigenvalue weighted by atomic mass is 14.9. The summed E-state index contributed by atoms with van der Waals surface area (Å²) in [5, 5.41) is 3.61. The molecule has 0 atom stereocenters. The minimum Gasteiger partial charge on any atom is -0.308 e. The third kappa shape index (κ3) is 3.35. The molecule has 0 radical (unpaired) electrons. The number of nitrogens with one attached hydrogen (secondary N) is 1. The molecule has 0 spiro atoms. The van der Waals surface area contributed by atoms with E-state index in [1.165, 1.54) is 16.7 Å². The fraction of sp³-hybridized carbons (Fsp3) is 0.571. The van der Waals surface area contributed by atoms with Gasteiger partial charge in [-0.3, -0.25) is 0 Å². The van der Waals surface area contributed by atoms with Crippen LogP contribution in [0.3, 0.4) is 0 Å². The molecule has 0 unspecified atom stereocenters. The molecule has 1 N–H and O–H groups in total. The van der Waals surface area contributed by atoms with Crippen molar-refractivity contribution in [3.63, 3.8) is 0 Å². The molecule has 0 aliphatic heterocycles. The Balaban J connectivity index is 2.73. The SMILES string of the molecule is CCC(C)(C)NCc1c(C)cccc1C. The van der Waals surface area contributed by atoms with Crippen molar-refractivity contribution in [3.8, 4) is 0 Å². The van der Waals surface area contributed by atoms with Crippen LogP contribution in [0.4, 0.5) is 0 Å². The van der Waals surface area contributed by atoms with E-state index in [1.54, 1.807) is 0 Å². The van der Waals surface area contributed by atoms with E-state index in [1.807, 2.05) is 0 Å². The number of benzene rings is 1. The van der Waals surface area contributed by atoms with Crippen molar-refractivity contribution < 1.29 is 0 Å². The van der Waals surface area contributed by atoms with Gasteiger partial charge < -0.3 is 5.32 Å². The fourth-order valence-corrected chi connectivity index (χ4v) is 1.58. The molecule has 1 heteroatoms. The van der Waals surface area contributed by atoms with Crippen LogP contribution in [0.5, 0.6) is 0 Å². The summed E-state index contributed by atoms with van der Waals surface area (Å²) in [6.45, 7) is 12.1. The van der Waals surface area contributed by atoms with Gasteiger partial charge in [0.1, 0.15) is 0 Å². The van der Waals surface area contributed by atoms with E-state index < -0.39 is 0 Å². The first kappa shape index (κ1) is 12.3. The van der Waals surface area contributed by atoms with Crippen molar-refractivity contribution in [2.45, 2.75) is 53.1 Å². The maximum absolute atomic E-state index is 3.61. The Hall–Kier alpha value is -0.820. The zero-order valence-corrected chi connectivity index (χ0v) is 10.6. The normalized spacial score (nSPS) is 11.8. The second-order valence-electron chi connectivity index (χ2n) is 4.96. The second kappa shape index (κ2) is 4.80. The predicted octanol–water partition coefficient (Wildman–Crippen LogP) is 3.58. The van der Waals surface area contributed by atoms with Gasteiger partial charge in [0.05, 0.1) is 0 Å². The van der Waals surface area contributed by atoms with Crippen molar-refractivity contribution in [3.05, 3.63) is 34.9 Å². The van der Waals surface area contributed by atoms with Crippen LogP contribution in [-0.4, -0.2) is 5.54 Å². The quantitative estimate of drug-likeness (QED) is 0.792. The lowest BCUT2D eigenvalue weighted by molar-refractivity contribution is 0.374. The van der Waals surface area contributed by atoms with Gasteiger partial charge >= 0.3 is 0 Å². The summed E-state index contributed by atoms with van der Waals surface area (Å²) in [5.74, 6) is 0. The van der Waals surface area contributed by atoms with Gasteiger partial charge in [-0.1, -0.05) is 25.1 Å². The number of aryl methyl sites for hydroxylation is 2. The topological polar surface area (TPSA) is 12.0 Å². The standard InChI is InChI=1S/C14H23N/c1-6-14(4,5)15-10-13-11(2)8-7-9-12(13)3/h7-9,15H,6,10H2,1-5H3. The molecule has 0 saturated carbocycles. The van der Waals surface area contributed by atoms with Gasteiger partial charge in [0.2, 0.25) is 0 Å². The smallest absolute Gasteiger partial charge is 0.0215 e. The van der Waals surface area contributed by atoms with E-state index in [9.17, 15) is 0 Å². The van der Waals surface area contributed by atoms with Crippen LogP contribution < -0.4 is 5.32 Å². The molecule has 1 rings (SSSR count). The summed E-state index contributed by atoms with van der Waals surface area (Å²) < 4.78 is 0. The zero-order valence-electron chi connectivity index (χ0n) is 10.6. The van der Waals surface area contributed by atoms with Crippen LogP contribution in [0.2, 0.25) is 0 Å². The van der Waals surface area contributed by atoms with Gasteiger partial charge in [-0.15, -0.1) is 0 Å². The minimum absolute atomic E-state index is 0.231. The number of hydrogen-bond donors (Lipinski definition) is 1. The lowest BCUT2D eigenvalue weighted by Gasteiger charge is -2.25. The summed E-state index contributed by atoms with van der Waals surface area (Å²) >= 11 is 0. The van der Waals surface area contributed by atoms with E-state index in [2.05, 4.69) is 58.1 Å². The van der Waals surface area contributed by atoms with Gasteiger partial charge in [-0.2, -0.15) is 0 Å². The Morgan fingerprint density at radius 3 is 2.13 bits per heavy atom. The van der Waals surface area contributed by atoms with Crippen molar-refractivity contribution in [1.82, 2.24) is 5.32 Å². The highest BCUT2D eigenvalue weighted by Crippen LogP contribution is 2.15. The average molecular weight is 205 g/mol. The third-order valence-corrected chi connectivity index (χ3v) is 3.27. The van der Waals surface area contributed by atoms with E-state index in [4.69, 9.17) is 0 Å². The second-order valence-corrected chi connectivity index (χ2v) is 4.96. The van der Waals surface area contributed by atoms with Crippen LogP contribution >= 0.6 is 0 Å². The van der Waals surface area contributed by atoms with Gasteiger partial charge in [-0.25, -0.2) is 0 Å². The van der Waals surface area contributed by atoms with Crippen LogP contribution in [0.25, 0.3) is 0 Å². The Morgan fingerprint density at radius 2 is 1.67 bits per heavy atom. The van der Waals surface area contributed by atoms with Crippen molar-refractivity contribution in [1.29, 1.82) is 0 Å². The highest BCUT2D eigenvalue weighted by Gasteiger charge is 2.14. The Bertz CT molecular complexity index is 306. The predicted molar refractivity (Wildman–Crippen MR) is 67.1 cm³/mol. The summed E-state index contributed by atoms with van der Waals surface area (Å²) in [4.78, 5) is 0. The molecule has 0 amide bonds. The highest BCUT2D eigenvalue weighted by molar-refractivity contribution is 5.33. The molecule has 84 valence electrons. The Labute approximate surface area is 93.9 Å². The molecule has 0 aromatic heterocycles. The summed E-state index contributed by atoms with van der Waals surface area (Å²) in [7, 11) is 0.